The van der Waals surface area contributed by atoms with E-state index in [-0.39, 0.29) is 5.82 Å². The number of rotatable bonds is 4. The Morgan fingerprint density at radius 2 is 1.33 bits per heavy atom. The first kappa shape index (κ1) is 24.2. The normalized spacial score (nSPS) is 21.1. The number of anilines is 2. The molecular formula is C33H31FN2O3. The summed E-state index contributed by atoms with van der Waals surface area (Å²) >= 11 is 0. The van der Waals surface area contributed by atoms with E-state index in [1.807, 2.05) is 18.2 Å². The molecular weight excluding hydrogens is 491 g/mol. The fourth-order valence-corrected chi connectivity index (χ4v) is 6.04. The highest BCUT2D eigenvalue weighted by molar-refractivity contribution is 6.02. The summed E-state index contributed by atoms with van der Waals surface area (Å²) in [5, 5.41) is 2.30. The fraction of sp³-hybridized carbons (Fsp3) is 0.273. The second kappa shape index (κ2) is 10.0. The van der Waals surface area contributed by atoms with Gasteiger partial charge in [-0.3, -0.25) is 0 Å². The van der Waals surface area contributed by atoms with E-state index in [0.717, 1.165) is 73.0 Å². The molecule has 0 bridgehead atoms. The van der Waals surface area contributed by atoms with Crippen LogP contribution in [0.5, 0.6) is 5.75 Å². The van der Waals surface area contributed by atoms with Gasteiger partial charge in [0.1, 0.15) is 11.6 Å². The van der Waals surface area contributed by atoms with Crippen LogP contribution in [0.4, 0.5) is 15.8 Å². The van der Waals surface area contributed by atoms with E-state index >= 15 is 4.39 Å². The summed E-state index contributed by atoms with van der Waals surface area (Å²) in [6, 6.07) is 25.8. The molecule has 3 aliphatic rings. The average Bonchev–Trinajstić information content (AvgIpc) is 3.01. The Morgan fingerprint density at radius 1 is 0.692 bits per heavy atom. The zero-order chi connectivity index (χ0) is 26.2. The Kier molecular flexibility index (Phi) is 6.22. The Bertz CT molecular complexity index is 1520. The van der Waals surface area contributed by atoms with Crippen molar-refractivity contribution in [1.29, 1.82) is 0 Å². The fourth-order valence-electron chi connectivity index (χ4n) is 6.04. The van der Waals surface area contributed by atoms with Crippen LogP contribution in [0.25, 0.3) is 16.8 Å². The SMILES string of the molecule is Fc1ccccc1C1(c2ccc(N3CCOCC3)cc2)C=Cc2c(cc(N3CCOCC3)c3ccccc23)O1. The monoisotopic (exact) mass is 522 g/mol. The molecule has 7 rings (SSSR count). The van der Waals surface area contributed by atoms with Crippen molar-refractivity contribution < 1.29 is 18.6 Å². The van der Waals surface area contributed by atoms with Crippen LogP contribution >= 0.6 is 0 Å². The second-order valence-electron chi connectivity index (χ2n) is 10.2. The zero-order valence-corrected chi connectivity index (χ0v) is 21.8. The van der Waals surface area contributed by atoms with Gasteiger partial charge in [0, 0.05) is 65.7 Å². The lowest BCUT2D eigenvalue weighted by Gasteiger charge is -2.38. The first-order valence-electron chi connectivity index (χ1n) is 13.7. The van der Waals surface area contributed by atoms with E-state index in [0.29, 0.717) is 18.8 Å². The van der Waals surface area contributed by atoms with E-state index in [1.165, 1.54) is 11.5 Å². The molecule has 0 radical (unpaired) electrons. The molecule has 0 saturated carbocycles. The van der Waals surface area contributed by atoms with Crippen LogP contribution in [0.15, 0.2) is 84.9 Å². The first-order valence-corrected chi connectivity index (χ1v) is 13.7. The van der Waals surface area contributed by atoms with Crippen LogP contribution in [-0.2, 0) is 15.1 Å². The molecule has 39 heavy (non-hydrogen) atoms. The minimum absolute atomic E-state index is 0.294. The van der Waals surface area contributed by atoms with Crippen molar-refractivity contribution in [2.24, 2.45) is 0 Å². The highest BCUT2D eigenvalue weighted by atomic mass is 19.1. The molecule has 3 aliphatic heterocycles. The van der Waals surface area contributed by atoms with Gasteiger partial charge in [-0.25, -0.2) is 4.39 Å². The van der Waals surface area contributed by atoms with Gasteiger partial charge in [-0.2, -0.15) is 0 Å². The summed E-state index contributed by atoms with van der Waals surface area (Å²) in [6.45, 7) is 6.20. The predicted molar refractivity (Wildman–Crippen MR) is 153 cm³/mol. The third kappa shape index (κ3) is 4.24. The average molecular weight is 523 g/mol. The smallest absolute Gasteiger partial charge is 0.180 e. The number of morpholine rings is 2. The molecule has 1 unspecified atom stereocenters. The minimum atomic E-state index is -1.10. The van der Waals surface area contributed by atoms with E-state index in [4.69, 9.17) is 14.2 Å². The molecule has 0 aliphatic carbocycles. The van der Waals surface area contributed by atoms with Gasteiger partial charge >= 0.3 is 0 Å². The molecule has 0 aromatic heterocycles. The van der Waals surface area contributed by atoms with Crippen LogP contribution < -0.4 is 14.5 Å². The van der Waals surface area contributed by atoms with Crippen molar-refractivity contribution >= 4 is 28.2 Å². The second-order valence-corrected chi connectivity index (χ2v) is 10.2. The third-order valence-electron chi connectivity index (χ3n) is 8.08. The lowest BCUT2D eigenvalue weighted by atomic mass is 9.82. The van der Waals surface area contributed by atoms with Gasteiger partial charge in [-0.1, -0.05) is 54.6 Å². The summed E-state index contributed by atoms with van der Waals surface area (Å²) in [6.07, 6.45) is 4.12. The van der Waals surface area contributed by atoms with Crippen LogP contribution in [-0.4, -0.2) is 52.6 Å². The first-order chi connectivity index (χ1) is 19.2. The number of hydrogen-bond donors (Lipinski definition) is 0. The minimum Gasteiger partial charge on any atom is -0.473 e. The van der Waals surface area contributed by atoms with Gasteiger partial charge in [0.15, 0.2) is 5.60 Å². The maximum atomic E-state index is 15.5. The van der Waals surface area contributed by atoms with E-state index in [2.05, 4.69) is 70.5 Å². The molecule has 4 aromatic carbocycles. The summed E-state index contributed by atoms with van der Waals surface area (Å²) in [7, 11) is 0. The molecule has 2 fully saturated rings. The van der Waals surface area contributed by atoms with Crippen LogP contribution in [0, 0.1) is 5.82 Å². The van der Waals surface area contributed by atoms with Gasteiger partial charge in [0.25, 0.3) is 0 Å². The predicted octanol–water partition coefficient (Wildman–Crippen LogP) is 6.00. The summed E-state index contributed by atoms with van der Waals surface area (Å²) in [5.41, 5.74) is 3.53. The van der Waals surface area contributed by atoms with E-state index in [1.54, 1.807) is 6.07 Å². The Labute approximate surface area is 228 Å². The van der Waals surface area contributed by atoms with Crippen molar-refractivity contribution in [2.45, 2.75) is 5.60 Å². The number of ether oxygens (including phenoxy) is 3. The van der Waals surface area contributed by atoms with Crippen molar-refractivity contribution in [1.82, 2.24) is 0 Å². The Balaban J connectivity index is 1.37. The van der Waals surface area contributed by atoms with Crippen molar-refractivity contribution in [3.05, 3.63) is 107 Å². The third-order valence-corrected chi connectivity index (χ3v) is 8.08. The van der Waals surface area contributed by atoms with Crippen molar-refractivity contribution in [3.63, 3.8) is 0 Å². The van der Waals surface area contributed by atoms with Gasteiger partial charge in [-0.15, -0.1) is 0 Å². The Morgan fingerprint density at radius 3 is 2.05 bits per heavy atom. The summed E-state index contributed by atoms with van der Waals surface area (Å²) < 4.78 is 33.6. The quantitative estimate of drug-likeness (QED) is 0.328. The molecule has 0 amide bonds. The molecule has 4 aromatic rings. The number of benzene rings is 4. The maximum Gasteiger partial charge on any atom is 0.180 e. The topological polar surface area (TPSA) is 34.2 Å². The van der Waals surface area contributed by atoms with Gasteiger partial charge in [-0.05, 0) is 35.7 Å². The molecule has 0 spiro atoms. The zero-order valence-electron chi connectivity index (χ0n) is 21.8. The molecule has 0 N–H and O–H groups in total. The summed E-state index contributed by atoms with van der Waals surface area (Å²) in [4.78, 5) is 4.67. The van der Waals surface area contributed by atoms with Crippen LogP contribution in [0.3, 0.4) is 0 Å². The highest BCUT2D eigenvalue weighted by Crippen LogP contribution is 2.47. The number of fused-ring (bicyclic) bond motifs is 3. The molecule has 2 saturated heterocycles. The maximum absolute atomic E-state index is 15.5. The lowest BCUT2D eigenvalue weighted by molar-refractivity contribution is 0.122. The molecule has 198 valence electrons. The number of halogens is 1. The number of hydrogen-bond acceptors (Lipinski definition) is 5. The van der Waals surface area contributed by atoms with Gasteiger partial charge in [0.2, 0.25) is 0 Å². The van der Waals surface area contributed by atoms with E-state index in [9.17, 15) is 0 Å². The van der Waals surface area contributed by atoms with Gasteiger partial charge in [0.05, 0.1) is 26.4 Å². The Hall–Kier alpha value is -3.87. The number of nitrogens with zero attached hydrogens (tertiary/aromatic N) is 2. The molecule has 3 heterocycles. The highest BCUT2D eigenvalue weighted by Gasteiger charge is 2.40. The molecule has 5 nitrogen and oxygen atoms in total. The summed E-state index contributed by atoms with van der Waals surface area (Å²) in [5.74, 6) is 0.454. The largest absolute Gasteiger partial charge is 0.473 e. The van der Waals surface area contributed by atoms with Crippen molar-refractivity contribution in [3.8, 4) is 5.75 Å². The van der Waals surface area contributed by atoms with Gasteiger partial charge < -0.3 is 24.0 Å². The lowest BCUT2D eigenvalue weighted by Crippen LogP contribution is -2.38. The molecule has 1 atom stereocenters. The standard InChI is InChI=1S/C33H31FN2O3/c34-30-8-4-3-7-29(30)33(24-9-11-25(12-10-24)35-15-19-37-20-16-35)14-13-28-26-5-1-2-6-27(26)31(23-32(28)39-33)36-17-21-38-22-18-36/h1-14,23H,15-22H2. The van der Waals surface area contributed by atoms with E-state index < -0.39 is 5.60 Å². The van der Waals surface area contributed by atoms with Crippen molar-refractivity contribution in [2.75, 3.05) is 62.4 Å². The molecule has 6 heteroatoms. The van der Waals surface area contributed by atoms with Crippen LogP contribution in [0.2, 0.25) is 0 Å². The van der Waals surface area contributed by atoms with Crippen LogP contribution in [0.1, 0.15) is 16.7 Å².